The van der Waals surface area contributed by atoms with Crippen LogP contribution < -0.4 is 21.3 Å². The summed E-state index contributed by atoms with van der Waals surface area (Å²) in [5.74, 6) is -0.253. The molecule has 1 unspecified atom stereocenters. The topological polar surface area (TPSA) is 99.3 Å². The standard InChI is InChI=1S/C22H26N4O3/c1-15(27)23-20(16-7-5-6-8-16)21(28)24-18-11-13-19(14-12-18)26-22(29)25-17-9-3-2-4-10-17/h2-4,9-14,16,20H,5-8H2,1H3,(H,23,27)(H,24,28)(H2,25,26,29). The number of para-hydroxylation sites is 1. The fourth-order valence-electron chi connectivity index (χ4n) is 3.58. The van der Waals surface area contributed by atoms with E-state index < -0.39 is 6.04 Å². The van der Waals surface area contributed by atoms with Gasteiger partial charge < -0.3 is 21.3 Å². The second-order valence-electron chi connectivity index (χ2n) is 7.23. The van der Waals surface area contributed by atoms with Crippen LogP contribution in [0.2, 0.25) is 0 Å². The van der Waals surface area contributed by atoms with E-state index in [9.17, 15) is 14.4 Å². The maximum Gasteiger partial charge on any atom is 0.323 e. The average Bonchev–Trinajstić information content (AvgIpc) is 3.22. The molecule has 4 amide bonds. The van der Waals surface area contributed by atoms with Gasteiger partial charge in [0, 0.05) is 24.0 Å². The third kappa shape index (κ3) is 6.07. The zero-order chi connectivity index (χ0) is 20.6. The monoisotopic (exact) mass is 394 g/mol. The number of carbonyl (C=O) groups is 3. The van der Waals surface area contributed by atoms with E-state index >= 15 is 0 Å². The number of hydrogen-bond acceptors (Lipinski definition) is 3. The Morgan fingerprint density at radius 3 is 1.86 bits per heavy atom. The van der Waals surface area contributed by atoms with Gasteiger partial charge in [0.25, 0.3) is 0 Å². The first-order chi connectivity index (χ1) is 14.0. The highest BCUT2D eigenvalue weighted by Crippen LogP contribution is 2.28. The summed E-state index contributed by atoms with van der Waals surface area (Å²) in [6, 6.07) is 15.1. The summed E-state index contributed by atoms with van der Waals surface area (Å²) in [6.45, 7) is 1.43. The van der Waals surface area contributed by atoms with E-state index in [0.29, 0.717) is 17.1 Å². The van der Waals surface area contributed by atoms with Crippen LogP contribution in [0.15, 0.2) is 54.6 Å². The van der Waals surface area contributed by atoms with Gasteiger partial charge in [0.2, 0.25) is 11.8 Å². The molecule has 1 aliphatic rings. The summed E-state index contributed by atoms with van der Waals surface area (Å²) >= 11 is 0. The quantitative estimate of drug-likeness (QED) is 0.597. The number of nitrogens with one attached hydrogen (secondary N) is 4. The molecule has 0 heterocycles. The molecule has 1 aliphatic carbocycles. The Morgan fingerprint density at radius 2 is 1.31 bits per heavy atom. The van der Waals surface area contributed by atoms with Crippen molar-refractivity contribution in [2.75, 3.05) is 16.0 Å². The van der Waals surface area contributed by atoms with Gasteiger partial charge in [-0.1, -0.05) is 31.0 Å². The second kappa shape index (κ2) is 9.73. The van der Waals surface area contributed by atoms with Gasteiger partial charge >= 0.3 is 6.03 Å². The van der Waals surface area contributed by atoms with Crippen LogP contribution in [0.5, 0.6) is 0 Å². The van der Waals surface area contributed by atoms with Gasteiger partial charge in [0.05, 0.1) is 0 Å². The molecule has 29 heavy (non-hydrogen) atoms. The lowest BCUT2D eigenvalue weighted by molar-refractivity contribution is -0.126. The predicted molar refractivity (Wildman–Crippen MR) is 114 cm³/mol. The molecule has 2 aromatic rings. The maximum atomic E-state index is 12.7. The molecule has 1 saturated carbocycles. The molecule has 1 atom stereocenters. The van der Waals surface area contributed by atoms with E-state index in [-0.39, 0.29) is 23.8 Å². The van der Waals surface area contributed by atoms with Crippen LogP contribution in [0, 0.1) is 5.92 Å². The number of hydrogen-bond donors (Lipinski definition) is 4. The highest BCUT2D eigenvalue weighted by Gasteiger charge is 2.31. The van der Waals surface area contributed by atoms with Crippen LogP contribution in [0.4, 0.5) is 21.9 Å². The van der Waals surface area contributed by atoms with Crippen molar-refractivity contribution in [3.05, 3.63) is 54.6 Å². The minimum atomic E-state index is -0.524. The molecule has 0 radical (unpaired) electrons. The van der Waals surface area contributed by atoms with Crippen LogP contribution in [-0.4, -0.2) is 23.9 Å². The summed E-state index contributed by atoms with van der Waals surface area (Å²) in [6.07, 6.45) is 4.05. The Balaban J connectivity index is 1.56. The van der Waals surface area contributed by atoms with Crippen molar-refractivity contribution >= 4 is 34.9 Å². The smallest absolute Gasteiger partial charge is 0.323 e. The van der Waals surface area contributed by atoms with Gasteiger partial charge in [0.15, 0.2) is 0 Å². The largest absolute Gasteiger partial charge is 0.344 e. The first-order valence-corrected chi connectivity index (χ1v) is 9.82. The average molecular weight is 394 g/mol. The Kier molecular flexibility index (Phi) is 6.84. The SMILES string of the molecule is CC(=O)NC(C(=O)Nc1ccc(NC(=O)Nc2ccccc2)cc1)C1CCCC1. The van der Waals surface area contributed by atoms with Crippen LogP contribution in [0.25, 0.3) is 0 Å². The van der Waals surface area contributed by atoms with Crippen molar-refractivity contribution in [2.24, 2.45) is 5.92 Å². The molecule has 4 N–H and O–H groups in total. The first kappa shape index (κ1) is 20.4. The Bertz CT molecular complexity index is 846. The second-order valence-corrected chi connectivity index (χ2v) is 7.23. The summed E-state index contributed by atoms with van der Waals surface area (Å²) in [5, 5.41) is 11.1. The molecule has 3 rings (SSSR count). The van der Waals surface area contributed by atoms with Crippen molar-refractivity contribution in [1.29, 1.82) is 0 Å². The third-order valence-corrected chi connectivity index (χ3v) is 4.95. The van der Waals surface area contributed by atoms with E-state index in [0.717, 1.165) is 25.7 Å². The van der Waals surface area contributed by atoms with Gasteiger partial charge in [-0.05, 0) is 55.2 Å². The van der Waals surface area contributed by atoms with Gasteiger partial charge in [-0.15, -0.1) is 0 Å². The summed E-state index contributed by atoms with van der Waals surface area (Å²) in [7, 11) is 0. The molecular weight excluding hydrogens is 368 g/mol. The molecule has 0 spiro atoms. The number of amides is 4. The predicted octanol–water partition coefficient (Wildman–Crippen LogP) is 3.96. The molecule has 0 bridgehead atoms. The number of urea groups is 1. The number of rotatable bonds is 6. The van der Waals surface area contributed by atoms with E-state index in [2.05, 4.69) is 21.3 Å². The summed E-state index contributed by atoms with van der Waals surface area (Å²) < 4.78 is 0. The van der Waals surface area contributed by atoms with Crippen molar-refractivity contribution in [3.63, 3.8) is 0 Å². The van der Waals surface area contributed by atoms with Crippen LogP contribution in [0.1, 0.15) is 32.6 Å². The highest BCUT2D eigenvalue weighted by molar-refractivity contribution is 6.00. The number of benzene rings is 2. The molecule has 0 aliphatic heterocycles. The van der Waals surface area contributed by atoms with E-state index in [1.165, 1.54) is 6.92 Å². The van der Waals surface area contributed by atoms with Crippen molar-refractivity contribution in [1.82, 2.24) is 5.32 Å². The molecule has 152 valence electrons. The third-order valence-electron chi connectivity index (χ3n) is 4.95. The lowest BCUT2D eigenvalue weighted by atomic mass is 9.97. The van der Waals surface area contributed by atoms with Crippen molar-refractivity contribution < 1.29 is 14.4 Å². The number of anilines is 3. The minimum absolute atomic E-state index is 0.168. The summed E-state index contributed by atoms with van der Waals surface area (Å²) in [5.41, 5.74) is 1.91. The van der Waals surface area contributed by atoms with Crippen LogP contribution >= 0.6 is 0 Å². The molecule has 7 nitrogen and oxygen atoms in total. The fraction of sp³-hybridized carbons (Fsp3) is 0.318. The zero-order valence-corrected chi connectivity index (χ0v) is 16.4. The first-order valence-electron chi connectivity index (χ1n) is 9.82. The Morgan fingerprint density at radius 1 is 0.793 bits per heavy atom. The van der Waals surface area contributed by atoms with E-state index in [1.54, 1.807) is 36.4 Å². The normalized spacial score (nSPS) is 14.7. The molecule has 7 heteroatoms. The van der Waals surface area contributed by atoms with Crippen molar-refractivity contribution in [3.8, 4) is 0 Å². The molecule has 0 saturated heterocycles. The van der Waals surface area contributed by atoms with Crippen molar-refractivity contribution in [2.45, 2.75) is 38.6 Å². The van der Waals surface area contributed by atoms with E-state index in [1.807, 2.05) is 18.2 Å². The van der Waals surface area contributed by atoms with Gasteiger partial charge in [-0.2, -0.15) is 0 Å². The molecule has 0 aromatic heterocycles. The fourth-order valence-corrected chi connectivity index (χ4v) is 3.58. The number of carbonyl (C=O) groups excluding carboxylic acids is 3. The maximum absolute atomic E-state index is 12.7. The summed E-state index contributed by atoms with van der Waals surface area (Å²) in [4.78, 5) is 36.3. The van der Waals surface area contributed by atoms with Gasteiger partial charge in [0.1, 0.15) is 6.04 Å². The van der Waals surface area contributed by atoms with E-state index in [4.69, 9.17) is 0 Å². The van der Waals surface area contributed by atoms with Gasteiger partial charge in [-0.3, -0.25) is 9.59 Å². The molecule has 2 aromatic carbocycles. The van der Waals surface area contributed by atoms with Gasteiger partial charge in [-0.25, -0.2) is 4.79 Å². The lowest BCUT2D eigenvalue weighted by Gasteiger charge is -2.23. The molecule has 1 fully saturated rings. The zero-order valence-electron chi connectivity index (χ0n) is 16.4. The van der Waals surface area contributed by atoms with Crippen LogP contribution in [0.3, 0.4) is 0 Å². The minimum Gasteiger partial charge on any atom is -0.344 e. The van der Waals surface area contributed by atoms with Crippen LogP contribution in [-0.2, 0) is 9.59 Å². The Labute approximate surface area is 170 Å². The Hall–Kier alpha value is -3.35. The highest BCUT2D eigenvalue weighted by atomic mass is 16.2. The lowest BCUT2D eigenvalue weighted by Crippen LogP contribution is -2.47. The molecular formula is C22H26N4O3.